The number of nitrogens with one attached hydrogen (secondary N) is 1. The Morgan fingerprint density at radius 2 is 2.00 bits per heavy atom. The topological polar surface area (TPSA) is 37.8 Å². The maximum absolute atomic E-state index is 5.98. The van der Waals surface area contributed by atoms with Gasteiger partial charge in [0, 0.05) is 18.0 Å². The number of hydrogen-bond donors (Lipinski definition) is 1. The van der Waals surface area contributed by atoms with Gasteiger partial charge in [0.05, 0.1) is 0 Å². The van der Waals surface area contributed by atoms with Crippen molar-refractivity contribution in [1.29, 1.82) is 0 Å². The molecular weight excluding hydrogens is 210 g/mol. The molecule has 0 spiro atoms. The molecule has 0 aromatic carbocycles. The Labute approximate surface area is 94.3 Å². The SMILES string of the molecule is Clc1cc(NC2CCC2)nc(C2CC2)n1. The molecule has 0 saturated heterocycles. The van der Waals surface area contributed by atoms with Crippen LogP contribution in [0, 0.1) is 0 Å². The number of aromatic nitrogens is 2. The number of hydrogen-bond acceptors (Lipinski definition) is 3. The van der Waals surface area contributed by atoms with Gasteiger partial charge < -0.3 is 5.32 Å². The fourth-order valence-corrected chi connectivity index (χ4v) is 1.98. The number of halogens is 1. The van der Waals surface area contributed by atoms with E-state index in [1.165, 1.54) is 32.1 Å². The van der Waals surface area contributed by atoms with Crippen LogP contribution < -0.4 is 5.32 Å². The molecule has 0 radical (unpaired) electrons. The third-order valence-corrected chi connectivity index (χ3v) is 3.31. The van der Waals surface area contributed by atoms with Crippen molar-refractivity contribution < 1.29 is 0 Å². The third kappa shape index (κ3) is 2.07. The van der Waals surface area contributed by atoms with Crippen LogP contribution in [-0.2, 0) is 0 Å². The fraction of sp³-hybridized carbons (Fsp3) is 0.636. The van der Waals surface area contributed by atoms with Crippen molar-refractivity contribution in [2.24, 2.45) is 0 Å². The zero-order chi connectivity index (χ0) is 10.3. The highest BCUT2D eigenvalue weighted by atomic mass is 35.5. The smallest absolute Gasteiger partial charge is 0.135 e. The Morgan fingerprint density at radius 3 is 2.60 bits per heavy atom. The van der Waals surface area contributed by atoms with Crippen LogP contribution >= 0.6 is 11.6 Å². The van der Waals surface area contributed by atoms with Gasteiger partial charge in [-0.15, -0.1) is 0 Å². The second-order valence-corrected chi connectivity index (χ2v) is 4.87. The first-order chi connectivity index (χ1) is 7.31. The molecule has 2 fully saturated rings. The molecule has 80 valence electrons. The molecule has 1 N–H and O–H groups in total. The summed E-state index contributed by atoms with van der Waals surface area (Å²) in [5.41, 5.74) is 0. The van der Waals surface area contributed by atoms with E-state index in [4.69, 9.17) is 11.6 Å². The van der Waals surface area contributed by atoms with Gasteiger partial charge in [0.25, 0.3) is 0 Å². The molecule has 3 nitrogen and oxygen atoms in total. The normalized spacial score (nSPS) is 21.1. The van der Waals surface area contributed by atoms with E-state index in [2.05, 4.69) is 15.3 Å². The molecule has 1 aromatic rings. The Bertz CT molecular complexity index is 372. The Morgan fingerprint density at radius 1 is 1.20 bits per heavy atom. The Balaban J connectivity index is 1.79. The Kier molecular flexibility index (Phi) is 2.28. The summed E-state index contributed by atoms with van der Waals surface area (Å²) in [6.45, 7) is 0. The second-order valence-electron chi connectivity index (χ2n) is 4.48. The third-order valence-electron chi connectivity index (χ3n) is 3.11. The number of anilines is 1. The molecule has 3 rings (SSSR count). The van der Waals surface area contributed by atoms with E-state index in [0.29, 0.717) is 17.1 Å². The lowest BCUT2D eigenvalue weighted by Crippen LogP contribution is -2.27. The molecule has 2 aliphatic carbocycles. The molecule has 4 heteroatoms. The minimum absolute atomic E-state index is 0.561. The summed E-state index contributed by atoms with van der Waals surface area (Å²) in [4.78, 5) is 8.77. The van der Waals surface area contributed by atoms with Crippen LogP contribution in [0.2, 0.25) is 5.15 Å². The maximum Gasteiger partial charge on any atom is 0.135 e. The fourth-order valence-electron chi connectivity index (χ4n) is 1.79. The van der Waals surface area contributed by atoms with Crippen LogP contribution in [0.15, 0.2) is 6.07 Å². The Hall–Kier alpha value is -0.830. The van der Waals surface area contributed by atoms with Crippen LogP contribution in [0.3, 0.4) is 0 Å². The van der Waals surface area contributed by atoms with Gasteiger partial charge in [-0.25, -0.2) is 9.97 Å². The lowest BCUT2D eigenvalue weighted by Gasteiger charge is -2.27. The quantitative estimate of drug-likeness (QED) is 0.801. The van der Waals surface area contributed by atoms with Gasteiger partial charge in [-0.2, -0.15) is 0 Å². The van der Waals surface area contributed by atoms with E-state index in [1.54, 1.807) is 0 Å². The highest BCUT2D eigenvalue weighted by molar-refractivity contribution is 6.29. The van der Waals surface area contributed by atoms with Crippen molar-refractivity contribution in [1.82, 2.24) is 9.97 Å². The van der Waals surface area contributed by atoms with Crippen LogP contribution in [0.25, 0.3) is 0 Å². The largest absolute Gasteiger partial charge is 0.367 e. The van der Waals surface area contributed by atoms with Gasteiger partial charge in [-0.3, -0.25) is 0 Å². The standard InChI is InChI=1S/C11H14ClN3/c12-9-6-10(13-8-2-1-3-8)15-11(14-9)7-4-5-7/h6-8H,1-5H2,(H,13,14,15). The van der Waals surface area contributed by atoms with Crippen LogP contribution in [-0.4, -0.2) is 16.0 Å². The minimum Gasteiger partial charge on any atom is -0.367 e. The average Bonchev–Trinajstić information content (AvgIpc) is 2.93. The molecule has 0 aliphatic heterocycles. The highest BCUT2D eigenvalue weighted by Gasteiger charge is 2.27. The zero-order valence-electron chi connectivity index (χ0n) is 8.54. The summed E-state index contributed by atoms with van der Waals surface area (Å²) in [5, 5.41) is 3.97. The highest BCUT2D eigenvalue weighted by Crippen LogP contribution is 2.39. The van der Waals surface area contributed by atoms with E-state index in [1.807, 2.05) is 6.07 Å². The molecule has 1 aromatic heterocycles. The first-order valence-electron chi connectivity index (χ1n) is 5.62. The lowest BCUT2D eigenvalue weighted by molar-refractivity contribution is 0.444. The molecule has 1 heterocycles. The van der Waals surface area contributed by atoms with Crippen molar-refractivity contribution in [3.8, 4) is 0 Å². The van der Waals surface area contributed by atoms with Crippen LogP contribution in [0.1, 0.15) is 43.8 Å². The monoisotopic (exact) mass is 223 g/mol. The number of nitrogens with zero attached hydrogens (tertiary/aromatic N) is 2. The molecule has 0 atom stereocenters. The van der Waals surface area contributed by atoms with Gasteiger partial charge in [-0.1, -0.05) is 11.6 Å². The van der Waals surface area contributed by atoms with E-state index >= 15 is 0 Å². The predicted octanol–water partition coefficient (Wildman–Crippen LogP) is 2.97. The van der Waals surface area contributed by atoms with E-state index in [-0.39, 0.29) is 0 Å². The summed E-state index contributed by atoms with van der Waals surface area (Å²) >= 11 is 5.98. The zero-order valence-corrected chi connectivity index (χ0v) is 9.30. The lowest BCUT2D eigenvalue weighted by atomic mass is 9.93. The summed E-state index contributed by atoms with van der Waals surface area (Å²) in [6.07, 6.45) is 6.25. The van der Waals surface area contributed by atoms with Crippen LogP contribution in [0.4, 0.5) is 5.82 Å². The number of rotatable bonds is 3. The van der Waals surface area contributed by atoms with Gasteiger partial charge in [0.1, 0.15) is 16.8 Å². The maximum atomic E-state index is 5.98. The molecular formula is C11H14ClN3. The van der Waals surface area contributed by atoms with Crippen molar-refractivity contribution in [3.63, 3.8) is 0 Å². The van der Waals surface area contributed by atoms with Gasteiger partial charge in [0.15, 0.2) is 0 Å². The van der Waals surface area contributed by atoms with E-state index in [9.17, 15) is 0 Å². The van der Waals surface area contributed by atoms with Crippen molar-refractivity contribution in [3.05, 3.63) is 17.0 Å². The van der Waals surface area contributed by atoms with Crippen LogP contribution in [0.5, 0.6) is 0 Å². The van der Waals surface area contributed by atoms with Gasteiger partial charge in [0.2, 0.25) is 0 Å². The average molecular weight is 224 g/mol. The predicted molar refractivity (Wildman–Crippen MR) is 60.3 cm³/mol. The van der Waals surface area contributed by atoms with E-state index in [0.717, 1.165) is 11.6 Å². The summed E-state index contributed by atoms with van der Waals surface area (Å²) in [5.74, 6) is 2.39. The molecule has 2 saturated carbocycles. The molecule has 15 heavy (non-hydrogen) atoms. The van der Waals surface area contributed by atoms with Crippen molar-refractivity contribution in [2.45, 2.75) is 44.1 Å². The van der Waals surface area contributed by atoms with Crippen molar-refractivity contribution in [2.75, 3.05) is 5.32 Å². The minimum atomic E-state index is 0.561. The summed E-state index contributed by atoms with van der Waals surface area (Å²) in [6, 6.07) is 2.43. The van der Waals surface area contributed by atoms with Crippen molar-refractivity contribution >= 4 is 17.4 Å². The second kappa shape index (κ2) is 3.63. The summed E-state index contributed by atoms with van der Waals surface area (Å²) < 4.78 is 0. The molecule has 0 unspecified atom stereocenters. The first kappa shape index (κ1) is 9.40. The van der Waals surface area contributed by atoms with E-state index < -0.39 is 0 Å². The molecule has 2 aliphatic rings. The summed E-state index contributed by atoms with van der Waals surface area (Å²) in [7, 11) is 0. The molecule has 0 bridgehead atoms. The molecule has 0 amide bonds. The first-order valence-corrected chi connectivity index (χ1v) is 6.00. The van der Waals surface area contributed by atoms with Gasteiger partial charge >= 0.3 is 0 Å². The van der Waals surface area contributed by atoms with Gasteiger partial charge in [-0.05, 0) is 32.1 Å².